The number of fused-ring (bicyclic) bond motifs is 1. The molecule has 0 unspecified atom stereocenters. The molecule has 1 aromatic carbocycles. The van der Waals surface area contributed by atoms with Crippen LogP contribution in [0.3, 0.4) is 0 Å². The summed E-state index contributed by atoms with van der Waals surface area (Å²) in [5.41, 5.74) is 2.24. The SMILES string of the molecule is Cc1nc2ccc(-c3nc(Nc4ccc(C(=O)N5CCNCC5)cn4)ncc3F)cc2s1. The number of aryl methyl sites for hydroxylation is 1. The highest BCUT2D eigenvalue weighted by Crippen LogP contribution is 2.29. The number of nitrogens with zero attached hydrogens (tertiary/aromatic N) is 5. The first-order valence-electron chi connectivity index (χ1n) is 10.2. The summed E-state index contributed by atoms with van der Waals surface area (Å²) < 4.78 is 15.5. The number of anilines is 2. The number of amides is 1. The average Bonchev–Trinajstić information content (AvgIpc) is 3.20. The molecular weight excluding hydrogens is 429 g/mol. The second-order valence-corrected chi connectivity index (χ2v) is 8.64. The fourth-order valence-corrected chi connectivity index (χ4v) is 4.44. The van der Waals surface area contributed by atoms with Gasteiger partial charge < -0.3 is 15.5 Å². The van der Waals surface area contributed by atoms with Crippen LogP contribution in [0.4, 0.5) is 16.2 Å². The molecule has 0 aliphatic carbocycles. The maximum absolute atomic E-state index is 14.5. The van der Waals surface area contributed by atoms with Gasteiger partial charge in [0.05, 0.1) is 27.0 Å². The molecule has 32 heavy (non-hydrogen) atoms. The number of benzene rings is 1. The van der Waals surface area contributed by atoms with Crippen LogP contribution in [0.1, 0.15) is 15.4 Å². The number of rotatable bonds is 4. The first-order valence-corrected chi connectivity index (χ1v) is 11.0. The van der Waals surface area contributed by atoms with Crippen molar-refractivity contribution < 1.29 is 9.18 Å². The first-order chi connectivity index (χ1) is 15.6. The summed E-state index contributed by atoms with van der Waals surface area (Å²) in [6.07, 6.45) is 2.66. The quantitative estimate of drug-likeness (QED) is 0.493. The molecule has 0 spiro atoms. The highest BCUT2D eigenvalue weighted by Gasteiger charge is 2.18. The predicted octanol–water partition coefficient (Wildman–Crippen LogP) is 3.38. The number of thiazole rings is 1. The number of hydrogen-bond donors (Lipinski definition) is 2. The Hall–Kier alpha value is -3.50. The third-order valence-electron chi connectivity index (χ3n) is 5.17. The molecule has 1 fully saturated rings. The van der Waals surface area contributed by atoms with Crippen molar-refractivity contribution in [3.63, 3.8) is 0 Å². The molecule has 0 saturated carbocycles. The van der Waals surface area contributed by atoms with E-state index >= 15 is 0 Å². The van der Waals surface area contributed by atoms with E-state index in [4.69, 9.17) is 0 Å². The Labute approximate surface area is 187 Å². The molecule has 3 aromatic heterocycles. The number of carbonyl (C=O) groups is 1. The van der Waals surface area contributed by atoms with Crippen molar-refractivity contribution in [3.05, 3.63) is 59.1 Å². The van der Waals surface area contributed by atoms with Crippen molar-refractivity contribution >= 4 is 39.2 Å². The lowest BCUT2D eigenvalue weighted by Gasteiger charge is -2.27. The molecular formula is C22H20FN7OS. The smallest absolute Gasteiger partial charge is 0.255 e. The highest BCUT2D eigenvalue weighted by molar-refractivity contribution is 7.18. The Morgan fingerprint density at radius 1 is 1.12 bits per heavy atom. The number of nitrogens with one attached hydrogen (secondary N) is 2. The Morgan fingerprint density at radius 3 is 2.75 bits per heavy atom. The van der Waals surface area contributed by atoms with E-state index in [1.165, 1.54) is 6.20 Å². The molecule has 4 heterocycles. The lowest BCUT2D eigenvalue weighted by molar-refractivity contribution is 0.0735. The minimum atomic E-state index is -0.513. The Balaban J connectivity index is 1.35. The Morgan fingerprint density at radius 2 is 1.97 bits per heavy atom. The zero-order valence-corrected chi connectivity index (χ0v) is 18.1. The van der Waals surface area contributed by atoms with Gasteiger partial charge in [-0.15, -0.1) is 11.3 Å². The highest BCUT2D eigenvalue weighted by atomic mass is 32.1. The number of carbonyl (C=O) groups excluding carboxylic acids is 1. The molecule has 0 atom stereocenters. The lowest BCUT2D eigenvalue weighted by Crippen LogP contribution is -2.46. The lowest BCUT2D eigenvalue weighted by atomic mass is 10.1. The van der Waals surface area contributed by atoms with Gasteiger partial charge in [0, 0.05) is 37.9 Å². The van der Waals surface area contributed by atoms with Crippen LogP contribution in [-0.4, -0.2) is 56.9 Å². The van der Waals surface area contributed by atoms with Crippen molar-refractivity contribution in [2.45, 2.75) is 6.92 Å². The molecule has 8 nitrogen and oxygen atoms in total. The maximum Gasteiger partial charge on any atom is 0.255 e. The fraction of sp³-hybridized carbons (Fsp3) is 0.227. The molecule has 1 saturated heterocycles. The summed E-state index contributed by atoms with van der Waals surface area (Å²) in [6, 6.07) is 8.94. The van der Waals surface area contributed by atoms with Gasteiger partial charge >= 0.3 is 0 Å². The van der Waals surface area contributed by atoms with Crippen LogP contribution in [0.15, 0.2) is 42.7 Å². The van der Waals surface area contributed by atoms with Gasteiger partial charge in [0.25, 0.3) is 5.91 Å². The molecule has 2 N–H and O–H groups in total. The van der Waals surface area contributed by atoms with Crippen LogP contribution in [0.5, 0.6) is 0 Å². The molecule has 1 aliphatic heterocycles. The number of aromatic nitrogens is 4. The van der Waals surface area contributed by atoms with Gasteiger partial charge in [0.15, 0.2) is 5.82 Å². The van der Waals surface area contributed by atoms with Gasteiger partial charge in [-0.05, 0) is 31.2 Å². The molecule has 4 aromatic rings. The fourth-order valence-electron chi connectivity index (χ4n) is 3.58. The van der Waals surface area contributed by atoms with Crippen molar-refractivity contribution in [2.24, 2.45) is 0 Å². The van der Waals surface area contributed by atoms with Crippen molar-refractivity contribution in [1.82, 2.24) is 30.2 Å². The predicted molar refractivity (Wildman–Crippen MR) is 122 cm³/mol. The number of pyridine rings is 1. The van der Waals surface area contributed by atoms with Crippen LogP contribution in [-0.2, 0) is 0 Å². The topological polar surface area (TPSA) is 95.9 Å². The monoisotopic (exact) mass is 449 g/mol. The molecule has 0 bridgehead atoms. The van der Waals surface area contributed by atoms with Gasteiger partial charge in [-0.2, -0.15) is 0 Å². The Bertz CT molecular complexity index is 1290. The molecule has 1 aliphatic rings. The minimum Gasteiger partial charge on any atom is -0.336 e. The largest absolute Gasteiger partial charge is 0.336 e. The molecule has 0 radical (unpaired) electrons. The summed E-state index contributed by atoms with van der Waals surface area (Å²) in [5.74, 6) is 0.129. The maximum atomic E-state index is 14.5. The van der Waals surface area contributed by atoms with E-state index in [1.54, 1.807) is 34.4 Å². The molecule has 162 valence electrons. The van der Waals surface area contributed by atoms with Gasteiger partial charge in [0.2, 0.25) is 5.95 Å². The summed E-state index contributed by atoms with van der Waals surface area (Å²) in [5, 5.41) is 7.16. The Kier molecular flexibility index (Phi) is 5.46. The zero-order chi connectivity index (χ0) is 22.1. The van der Waals surface area contributed by atoms with Gasteiger partial charge in [0.1, 0.15) is 11.5 Å². The first kappa shape index (κ1) is 20.4. The third kappa shape index (κ3) is 4.14. The summed E-state index contributed by atoms with van der Waals surface area (Å²) in [6.45, 7) is 4.88. The summed E-state index contributed by atoms with van der Waals surface area (Å²) in [4.78, 5) is 31.5. The van der Waals surface area contributed by atoms with Crippen LogP contribution < -0.4 is 10.6 Å². The second-order valence-electron chi connectivity index (χ2n) is 7.40. The van der Waals surface area contributed by atoms with E-state index in [9.17, 15) is 9.18 Å². The molecule has 5 rings (SSSR count). The number of halogens is 1. The minimum absolute atomic E-state index is 0.0421. The standard InChI is InChI=1S/C22H20FN7OS/c1-13-27-17-4-2-14(10-18(17)32-13)20-16(23)12-26-22(29-20)28-19-5-3-15(11-25-19)21(31)30-8-6-24-7-9-30/h2-5,10-12,24H,6-9H2,1H3,(H,25,26,28,29). The average molecular weight is 450 g/mol. The molecule has 1 amide bonds. The van der Waals surface area contributed by atoms with Crippen molar-refractivity contribution in [2.75, 3.05) is 31.5 Å². The van der Waals surface area contributed by atoms with E-state index in [1.807, 2.05) is 19.1 Å². The second kappa shape index (κ2) is 8.56. The van der Waals surface area contributed by atoms with E-state index in [2.05, 4.69) is 30.6 Å². The number of piperazine rings is 1. The van der Waals surface area contributed by atoms with Gasteiger partial charge in [-0.3, -0.25) is 4.79 Å². The van der Waals surface area contributed by atoms with Gasteiger partial charge in [-0.1, -0.05) is 6.07 Å². The van der Waals surface area contributed by atoms with Crippen LogP contribution in [0, 0.1) is 12.7 Å². The van der Waals surface area contributed by atoms with Crippen LogP contribution in [0.25, 0.3) is 21.5 Å². The van der Waals surface area contributed by atoms with Crippen molar-refractivity contribution in [3.8, 4) is 11.3 Å². The van der Waals surface area contributed by atoms with Crippen molar-refractivity contribution in [1.29, 1.82) is 0 Å². The number of hydrogen-bond acceptors (Lipinski definition) is 8. The van der Waals surface area contributed by atoms with E-state index in [0.717, 1.165) is 34.5 Å². The van der Waals surface area contributed by atoms with E-state index in [0.29, 0.717) is 30.0 Å². The normalized spacial score (nSPS) is 14.0. The summed E-state index contributed by atoms with van der Waals surface area (Å²) >= 11 is 1.55. The van der Waals surface area contributed by atoms with Crippen LogP contribution in [0.2, 0.25) is 0 Å². The van der Waals surface area contributed by atoms with Gasteiger partial charge in [-0.25, -0.2) is 24.3 Å². The van der Waals surface area contributed by atoms with Crippen LogP contribution >= 0.6 is 11.3 Å². The zero-order valence-electron chi connectivity index (χ0n) is 17.3. The van der Waals surface area contributed by atoms with E-state index < -0.39 is 5.82 Å². The summed E-state index contributed by atoms with van der Waals surface area (Å²) in [7, 11) is 0. The molecule has 10 heteroatoms. The van der Waals surface area contributed by atoms with E-state index in [-0.39, 0.29) is 17.5 Å². The third-order valence-corrected chi connectivity index (χ3v) is 6.10.